The Balaban J connectivity index is 1.61. The largest absolute Gasteiger partial charge is 0.485 e. The number of benzene rings is 1. The van der Waals surface area contributed by atoms with E-state index in [2.05, 4.69) is 0 Å². The summed E-state index contributed by atoms with van der Waals surface area (Å²) in [5.41, 5.74) is 0. The molecule has 1 atom stereocenters. The fraction of sp³-hybridized carbons (Fsp3) is 0.467. The van der Waals surface area contributed by atoms with Crippen molar-refractivity contribution >= 4 is 11.9 Å². The first-order valence-corrected chi connectivity index (χ1v) is 7.05. The van der Waals surface area contributed by atoms with Gasteiger partial charge in [0.15, 0.2) is 11.5 Å². The van der Waals surface area contributed by atoms with Crippen LogP contribution in [-0.2, 0) is 9.59 Å². The maximum Gasteiger partial charge on any atom is 0.306 e. The molecule has 0 saturated carbocycles. The molecule has 21 heavy (non-hydrogen) atoms. The molecule has 6 heteroatoms. The minimum atomic E-state index is -0.784. The summed E-state index contributed by atoms with van der Waals surface area (Å²) in [4.78, 5) is 25.0. The van der Waals surface area contributed by atoms with Gasteiger partial charge in [0.25, 0.3) is 5.91 Å². The highest BCUT2D eigenvalue weighted by Gasteiger charge is 2.34. The molecule has 0 spiro atoms. The van der Waals surface area contributed by atoms with E-state index in [1.807, 2.05) is 12.1 Å². The van der Waals surface area contributed by atoms with E-state index >= 15 is 0 Å². The number of para-hydroxylation sites is 2. The number of carboxylic acid groups (broad SMARTS) is 1. The minimum Gasteiger partial charge on any atom is -0.485 e. The van der Waals surface area contributed by atoms with E-state index in [4.69, 9.17) is 14.6 Å². The van der Waals surface area contributed by atoms with E-state index in [9.17, 15) is 9.59 Å². The Bertz CT molecular complexity index is 551. The minimum absolute atomic E-state index is 0.131. The van der Waals surface area contributed by atoms with Crippen LogP contribution in [0.2, 0.25) is 0 Å². The molecule has 0 unspecified atom stereocenters. The quantitative estimate of drug-likeness (QED) is 0.884. The van der Waals surface area contributed by atoms with E-state index in [1.54, 1.807) is 17.0 Å². The number of hydrogen-bond donors (Lipinski definition) is 1. The number of fused-ring (bicyclic) bond motifs is 1. The Morgan fingerprint density at radius 3 is 2.48 bits per heavy atom. The van der Waals surface area contributed by atoms with Gasteiger partial charge in [-0.1, -0.05) is 12.1 Å². The number of carbonyl (C=O) groups excluding carboxylic acids is 1. The van der Waals surface area contributed by atoms with Crippen molar-refractivity contribution in [2.45, 2.75) is 18.9 Å². The molecule has 112 valence electrons. The summed E-state index contributed by atoms with van der Waals surface area (Å²) in [7, 11) is 0. The number of nitrogens with zero attached hydrogens (tertiary/aromatic N) is 1. The lowest BCUT2D eigenvalue weighted by Gasteiger charge is -2.34. The van der Waals surface area contributed by atoms with Gasteiger partial charge in [0.2, 0.25) is 6.10 Å². The van der Waals surface area contributed by atoms with Crippen molar-refractivity contribution in [3.63, 3.8) is 0 Å². The summed E-state index contributed by atoms with van der Waals surface area (Å²) in [6.07, 6.45) is 0.331. The molecule has 0 radical (unpaired) electrons. The van der Waals surface area contributed by atoms with Gasteiger partial charge in [0.1, 0.15) is 6.61 Å². The zero-order chi connectivity index (χ0) is 14.8. The SMILES string of the molecule is O=C(O)C1CCN(C(=O)[C@H]2COc3ccccc3O2)CC1. The second-order valence-corrected chi connectivity index (χ2v) is 5.30. The van der Waals surface area contributed by atoms with E-state index in [-0.39, 0.29) is 18.4 Å². The van der Waals surface area contributed by atoms with E-state index in [0.29, 0.717) is 37.4 Å². The number of hydrogen-bond acceptors (Lipinski definition) is 4. The van der Waals surface area contributed by atoms with Gasteiger partial charge < -0.3 is 19.5 Å². The molecule has 0 aliphatic carbocycles. The number of carbonyl (C=O) groups is 2. The molecule has 1 amide bonds. The number of piperidine rings is 1. The molecule has 2 aliphatic rings. The first-order chi connectivity index (χ1) is 10.1. The lowest BCUT2D eigenvalue weighted by molar-refractivity contribution is -0.148. The maximum atomic E-state index is 12.4. The third-order valence-corrected chi connectivity index (χ3v) is 3.94. The zero-order valence-corrected chi connectivity index (χ0v) is 11.5. The normalized spacial score (nSPS) is 21.9. The van der Waals surface area contributed by atoms with Crippen LogP contribution in [0.4, 0.5) is 0 Å². The number of amides is 1. The Hall–Kier alpha value is -2.24. The molecular formula is C15H17NO5. The van der Waals surface area contributed by atoms with Gasteiger partial charge in [-0.3, -0.25) is 9.59 Å². The highest BCUT2D eigenvalue weighted by molar-refractivity contribution is 5.82. The molecular weight excluding hydrogens is 274 g/mol. The van der Waals surface area contributed by atoms with Crippen molar-refractivity contribution in [3.8, 4) is 11.5 Å². The van der Waals surface area contributed by atoms with Crippen molar-refractivity contribution in [1.82, 2.24) is 4.90 Å². The molecule has 1 aromatic rings. The summed E-state index contributed by atoms with van der Waals surface area (Å²) >= 11 is 0. The summed E-state index contributed by atoms with van der Waals surface area (Å²) in [6, 6.07) is 7.24. The Kier molecular flexibility index (Phi) is 3.68. The van der Waals surface area contributed by atoms with Crippen molar-refractivity contribution in [2.75, 3.05) is 19.7 Å². The van der Waals surface area contributed by atoms with Crippen molar-refractivity contribution in [2.24, 2.45) is 5.92 Å². The van der Waals surface area contributed by atoms with E-state index in [0.717, 1.165) is 0 Å². The van der Waals surface area contributed by atoms with Crippen LogP contribution in [0.3, 0.4) is 0 Å². The maximum absolute atomic E-state index is 12.4. The lowest BCUT2D eigenvalue weighted by Crippen LogP contribution is -2.49. The molecule has 2 aliphatic heterocycles. The molecule has 3 rings (SSSR count). The van der Waals surface area contributed by atoms with Gasteiger partial charge in [0.05, 0.1) is 5.92 Å². The zero-order valence-electron chi connectivity index (χ0n) is 11.5. The molecule has 6 nitrogen and oxygen atoms in total. The van der Waals surface area contributed by atoms with Gasteiger partial charge in [-0.2, -0.15) is 0 Å². The topological polar surface area (TPSA) is 76.1 Å². The number of rotatable bonds is 2. The Morgan fingerprint density at radius 2 is 1.81 bits per heavy atom. The Morgan fingerprint density at radius 1 is 1.14 bits per heavy atom. The van der Waals surface area contributed by atoms with Crippen LogP contribution in [0.1, 0.15) is 12.8 Å². The summed E-state index contributed by atoms with van der Waals surface area (Å²) in [5, 5.41) is 8.97. The van der Waals surface area contributed by atoms with Gasteiger partial charge in [-0.15, -0.1) is 0 Å². The molecule has 0 bridgehead atoms. The van der Waals surface area contributed by atoms with Gasteiger partial charge in [-0.25, -0.2) is 0 Å². The van der Waals surface area contributed by atoms with Crippen LogP contribution in [0.15, 0.2) is 24.3 Å². The summed E-state index contributed by atoms with van der Waals surface area (Å²) in [6.45, 7) is 1.10. The van der Waals surface area contributed by atoms with Gasteiger partial charge >= 0.3 is 5.97 Å². The average molecular weight is 291 g/mol. The first kappa shape index (κ1) is 13.7. The molecule has 0 aromatic heterocycles. The number of likely N-dealkylation sites (tertiary alicyclic amines) is 1. The summed E-state index contributed by atoms with van der Waals surface area (Å²) < 4.78 is 11.2. The fourth-order valence-electron chi connectivity index (χ4n) is 2.69. The van der Waals surface area contributed by atoms with Crippen molar-refractivity contribution in [3.05, 3.63) is 24.3 Å². The van der Waals surface area contributed by atoms with Gasteiger partial charge in [-0.05, 0) is 25.0 Å². The second kappa shape index (κ2) is 5.63. The first-order valence-electron chi connectivity index (χ1n) is 7.05. The average Bonchev–Trinajstić information content (AvgIpc) is 2.54. The lowest BCUT2D eigenvalue weighted by atomic mass is 9.97. The highest BCUT2D eigenvalue weighted by Crippen LogP contribution is 2.31. The number of carboxylic acids is 1. The number of aliphatic carboxylic acids is 1. The van der Waals surface area contributed by atoms with Crippen molar-refractivity contribution in [1.29, 1.82) is 0 Å². The highest BCUT2D eigenvalue weighted by atomic mass is 16.6. The standard InChI is InChI=1S/C15H17NO5/c17-14(16-7-5-10(6-8-16)15(18)19)13-9-20-11-3-1-2-4-12(11)21-13/h1-4,10,13H,5-9H2,(H,18,19)/t13-/m1/s1. The monoisotopic (exact) mass is 291 g/mol. The van der Waals surface area contributed by atoms with Crippen LogP contribution in [0.5, 0.6) is 11.5 Å². The van der Waals surface area contributed by atoms with Crippen LogP contribution in [0.25, 0.3) is 0 Å². The third-order valence-electron chi connectivity index (χ3n) is 3.94. The molecule has 1 fully saturated rings. The fourth-order valence-corrected chi connectivity index (χ4v) is 2.69. The molecule has 2 heterocycles. The predicted molar refractivity (Wildman–Crippen MR) is 73.3 cm³/mol. The van der Waals surface area contributed by atoms with Crippen LogP contribution >= 0.6 is 0 Å². The smallest absolute Gasteiger partial charge is 0.306 e. The van der Waals surface area contributed by atoms with Crippen LogP contribution in [0, 0.1) is 5.92 Å². The Labute approximate surface area is 122 Å². The van der Waals surface area contributed by atoms with Crippen molar-refractivity contribution < 1.29 is 24.2 Å². The number of ether oxygens (including phenoxy) is 2. The molecule has 1 aromatic carbocycles. The van der Waals surface area contributed by atoms with E-state index < -0.39 is 12.1 Å². The van der Waals surface area contributed by atoms with Crippen LogP contribution in [-0.4, -0.2) is 47.7 Å². The third kappa shape index (κ3) is 2.79. The summed E-state index contributed by atoms with van der Waals surface area (Å²) in [5.74, 6) is -0.0476. The second-order valence-electron chi connectivity index (χ2n) is 5.30. The van der Waals surface area contributed by atoms with Gasteiger partial charge in [0, 0.05) is 13.1 Å². The van der Waals surface area contributed by atoms with E-state index in [1.165, 1.54) is 0 Å². The van der Waals surface area contributed by atoms with Crippen LogP contribution < -0.4 is 9.47 Å². The molecule has 1 N–H and O–H groups in total. The molecule has 1 saturated heterocycles. The predicted octanol–water partition coefficient (Wildman–Crippen LogP) is 1.15.